The summed E-state index contributed by atoms with van der Waals surface area (Å²) in [5.74, 6) is -0.976. The number of carbonyl (C=O) groups is 2. The highest BCUT2D eigenvalue weighted by molar-refractivity contribution is 5.93. The molecule has 0 aliphatic rings. The van der Waals surface area contributed by atoms with Gasteiger partial charge < -0.3 is 19.8 Å². The molecular formula is C19H19N3O5. The molecule has 2 amide bonds. The second-order valence-electron chi connectivity index (χ2n) is 5.84. The quantitative estimate of drug-likeness (QED) is 0.665. The molecule has 0 aliphatic heterocycles. The van der Waals surface area contributed by atoms with Crippen LogP contribution in [0.15, 0.2) is 57.7 Å². The first-order valence-corrected chi connectivity index (χ1v) is 8.34. The molecule has 8 nitrogen and oxygen atoms in total. The van der Waals surface area contributed by atoms with Gasteiger partial charge in [0.15, 0.2) is 5.58 Å². The third-order valence-electron chi connectivity index (χ3n) is 3.86. The Labute approximate surface area is 154 Å². The number of oxazole rings is 1. The average Bonchev–Trinajstić information content (AvgIpc) is 2.97. The molecule has 0 saturated heterocycles. The van der Waals surface area contributed by atoms with E-state index >= 15 is 0 Å². The Morgan fingerprint density at radius 1 is 1.00 bits per heavy atom. The van der Waals surface area contributed by atoms with Gasteiger partial charge in [-0.05, 0) is 36.4 Å². The average molecular weight is 369 g/mol. The van der Waals surface area contributed by atoms with Crippen LogP contribution >= 0.6 is 0 Å². The molecule has 0 fully saturated rings. The molecule has 2 aromatic carbocycles. The Hall–Kier alpha value is -3.39. The van der Waals surface area contributed by atoms with Crippen LogP contribution in [0.25, 0.3) is 11.1 Å². The van der Waals surface area contributed by atoms with E-state index in [4.69, 9.17) is 9.15 Å². The summed E-state index contributed by atoms with van der Waals surface area (Å²) in [5, 5.41) is 5.42. The molecule has 0 atom stereocenters. The predicted octanol–water partition coefficient (Wildman–Crippen LogP) is 2.21. The number of fused-ring (bicyclic) bond motifs is 1. The van der Waals surface area contributed by atoms with Crippen LogP contribution in [0.2, 0.25) is 0 Å². The van der Waals surface area contributed by atoms with E-state index in [1.807, 2.05) is 0 Å². The summed E-state index contributed by atoms with van der Waals surface area (Å²) >= 11 is 0. The summed E-state index contributed by atoms with van der Waals surface area (Å²) in [6.45, 7) is 0.188. The molecule has 27 heavy (non-hydrogen) atoms. The van der Waals surface area contributed by atoms with Crippen LogP contribution in [0.1, 0.15) is 6.42 Å². The summed E-state index contributed by atoms with van der Waals surface area (Å²) in [6, 6.07) is 13.8. The van der Waals surface area contributed by atoms with E-state index in [0.717, 1.165) is 0 Å². The highest BCUT2D eigenvalue weighted by atomic mass is 16.5. The maximum atomic E-state index is 12.2. The van der Waals surface area contributed by atoms with Gasteiger partial charge in [-0.2, -0.15) is 0 Å². The van der Waals surface area contributed by atoms with Crippen LogP contribution in [0.4, 0.5) is 11.4 Å². The number of methoxy groups -OCH3 is 1. The number of nitrogens with zero attached hydrogens (tertiary/aromatic N) is 1. The zero-order valence-corrected chi connectivity index (χ0v) is 14.7. The predicted molar refractivity (Wildman–Crippen MR) is 101 cm³/mol. The van der Waals surface area contributed by atoms with Gasteiger partial charge in [-0.1, -0.05) is 12.1 Å². The third-order valence-corrected chi connectivity index (χ3v) is 3.86. The van der Waals surface area contributed by atoms with Crippen molar-refractivity contribution in [3.63, 3.8) is 0 Å². The van der Waals surface area contributed by atoms with Gasteiger partial charge in [-0.15, -0.1) is 0 Å². The lowest BCUT2D eigenvalue weighted by atomic mass is 10.2. The second kappa shape index (κ2) is 8.33. The van der Waals surface area contributed by atoms with Crippen LogP contribution in [-0.2, 0) is 20.9 Å². The highest BCUT2D eigenvalue weighted by Gasteiger charge is 2.10. The minimum absolute atomic E-state index is 0.0272. The van der Waals surface area contributed by atoms with Crippen LogP contribution in [-0.4, -0.2) is 30.1 Å². The van der Waals surface area contributed by atoms with Crippen molar-refractivity contribution in [1.82, 2.24) is 4.57 Å². The van der Waals surface area contributed by atoms with Crippen LogP contribution in [0, 0.1) is 0 Å². The summed E-state index contributed by atoms with van der Waals surface area (Å²) < 4.78 is 11.3. The number of anilines is 2. The van der Waals surface area contributed by atoms with Gasteiger partial charge >= 0.3 is 5.76 Å². The van der Waals surface area contributed by atoms with Gasteiger partial charge in [-0.25, -0.2) is 4.79 Å². The number of rotatable bonds is 7. The summed E-state index contributed by atoms with van der Waals surface area (Å²) in [7, 11) is 1.44. The van der Waals surface area contributed by atoms with Gasteiger partial charge in [0.2, 0.25) is 11.8 Å². The molecule has 8 heteroatoms. The normalized spacial score (nSPS) is 10.7. The fourth-order valence-corrected chi connectivity index (χ4v) is 2.63. The van der Waals surface area contributed by atoms with E-state index in [9.17, 15) is 14.4 Å². The topological polar surface area (TPSA) is 103 Å². The number of para-hydroxylation sites is 2. The van der Waals surface area contributed by atoms with Gasteiger partial charge in [0.05, 0.1) is 5.52 Å². The largest absolute Gasteiger partial charge is 0.419 e. The van der Waals surface area contributed by atoms with Crippen LogP contribution < -0.4 is 16.4 Å². The molecule has 0 aliphatic carbocycles. The monoisotopic (exact) mass is 369 g/mol. The Balaban J connectivity index is 1.57. The number of ether oxygens (including phenoxy) is 1. The van der Waals surface area contributed by atoms with Crippen molar-refractivity contribution in [3.05, 3.63) is 59.1 Å². The number of nitrogens with one attached hydrogen (secondary N) is 2. The van der Waals surface area contributed by atoms with Crippen molar-refractivity contribution in [1.29, 1.82) is 0 Å². The molecule has 140 valence electrons. The molecule has 3 rings (SSSR count). The van der Waals surface area contributed by atoms with Gasteiger partial charge in [0.1, 0.15) is 6.61 Å². The van der Waals surface area contributed by atoms with Gasteiger partial charge in [0.25, 0.3) is 0 Å². The van der Waals surface area contributed by atoms with Crippen molar-refractivity contribution in [3.8, 4) is 0 Å². The Morgan fingerprint density at radius 3 is 2.30 bits per heavy atom. The Morgan fingerprint density at radius 2 is 1.63 bits per heavy atom. The Bertz CT molecular complexity index is 1000. The number of aromatic nitrogens is 1. The lowest BCUT2D eigenvalue weighted by Crippen LogP contribution is -2.20. The maximum absolute atomic E-state index is 12.2. The summed E-state index contributed by atoms with van der Waals surface area (Å²) in [5.41, 5.74) is 2.35. The van der Waals surface area contributed by atoms with Crippen LogP contribution in [0.5, 0.6) is 0 Å². The zero-order chi connectivity index (χ0) is 19.2. The lowest BCUT2D eigenvalue weighted by molar-refractivity contribution is -0.119. The number of aryl methyl sites for hydroxylation is 1. The fourth-order valence-electron chi connectivity index (χ4n) is 2.63. The molecule has 1 aromatic heterocycles. The van der Waals surface area contributed by atoms with E-state index in [1.165, 1.54) is 11.7 Å². The molecule has 0 spiro atoms. The number of amides is 2. The van der Waals surface area contributed by atoms with Crippen molar-refractivity contribution < 1.29 is 18.7 Å². The molecular weight excluding hydrogens is 350 g/mol. The van der Waals surface area contributed by atoms with E-state index in [-0.39, 0.29) is 31.4 Å². The minimum Gasteiger partial charge on any atom is -0.408 e. The molecule has 0 unspecified atom stereocenters. The summed E-state index contributed by atoms with van der Waals surface area (Å²) in [4.78, 5) is 35.5. The summed E-state index contributed by atoms with van der Waals surface area (Å²) in [6.07, 6.45) is 0.121. The van der Waals surface area contributed by atoms with E-state index < -0.39 is 5.76 Å². The van der Waals surface area contributed by atoms with Crippen molar-refractivity contribution in [2.24, 2.45) is 0 Å². The number of hydrogen-bond donors (Lipinski definition) is 2. The smallest absolute Gasteiger partial charge is 0.408 e. The Kier molecular flexibility index (Phi) is 5.68. The van der Waals surface area contributed by atoms with Gasteiger partial charge in [-0.3, -0.25) is 14.2 Å². The first kappa shape index (κ1) is 18.4. The molecule has 0 saturated carbocycles. The molecule has 1 heterocycles. The SMILES string of the molecule is COCC(=O)Nc1ccc(NC(=O)CCn2c(=O)oc3ccccc32)cc1. The standard InChI is InChI=1S/C19H19N3O5/c1-26-12-18(24)21-14-8-6-13(7-9-14)20-17(23)10-11-22-15-4-2-3-5-16(15)27-19(22)25/h2-9H,10-12H2,1H3,(H,20,23)(H,21,24). The van der Waals surface area contributed by atoms with Crippen molar-refractivity contribution in [2.75, 3.05) is 24.4 Å². The van der Waals surface area contributed by atoms with E-state index in [2.05, 4.69) is 10.6 Å². The molecule has 0 radical (unpaired) electrons. The molecule has 2 N–H and O–H groups in total. The zero-order valence-electron chi connectivity index (χ0n) is 14.7. The van der Waals surface area contributed by atoms with Gasteiger partial charge in [0, 0.05) is 31.5 Å². The number of carbonyl (C=O) groups excluding carboxylic acids is 2. The molecule has 3 aromatic rings. The third kappa shape index (κ3) is 4.62. The first-order valence-electron chi connectivity index (χ1n) is 8.34. The van der Waals surface area contributed by atoms with E-state index in [0.29, 0.717) is 22.5 Å². The first-order chi connectivity index (χ1) is 13.1. The van der Waals surface area contributed by atoms with E-state index in [1.54, 1.807) is 48.5 Å². The van der Waals surface area contributed by atoms with Crippen molar-refractivity contribution in [2.45, 2.75) is 13.0 Å². The van der Waals surface area contributed by atoms with Crippen molar-refractivity contribution >= 4 is 34.3 Å². The maximum Gasteiger partial charge on any atom is 0.419 e. The van der Waals surface area contributed by atoms with Crippen LogP contribution in [0.3, 0.4) is 0 Å². The number of hydrogen-bond acceptors (Lipinski definition) is 5. The molecule has 0 bridgehead atoms. The highest BCUT2D eigenvalue weighted by Crippen LogP contribution is 2.15. The number of benzene rings is 2. The lowest BCUT2D eigenvalue weighted by Gasteiger charge is -2.08. The fraction of sp³-hybridized carbons (Fsp3) is 0.211. The minimum atomic E-state index is -0.486. The second-order valence-corrected chi connectivity index (χ2v) is 5.84.